The molecule has 120 valence electrons. The predicted molar refractivity (Wildman–Crippen MR) is 95.4 cm³/mol. The molecule has 0 saturated carbocycles. The molecule has 1 amide bonds. The first-order valence-electron chi connectivity index (χ1n) is 7.49. The molecule has 0 aliphatic rings. The first-order chi connectivity index (χ1) is 11.6. The lowest BCUT2D eigenvalue weighted by Crippen LogP contribution is -2.26. The van der Waals surface area contributed by atoms with E-state index in [4.69, 9.17) is 10.00 Å². The first kappa shape index (κ1) is 16.0. The maximum absolute atomic E-state index is 12.6. The monoisotopic (exact) mass is 336 g/mol. The number of hydrogen-bond acceptors (Lipinski definition) is 4. The van der Waals surface area contributed by atoms with E-state index < -0.39 is 0 Å². The standard InChI is InChI=1S/C19H16N2O2S/c1-12(16-11-24-18-6-4-3-5-14(16)18)21-19(22)15-8-7-13(10-20)9-17(15)23-2/h3-9,11-12H,1-2H3,(H,21,22)/t12-/m0/s1. The Morgan fingerprint density at radius 3 is 2.83 bits per heavy atom. The number of amides is 1. The van der Waals surface area contributed by atoms with E-state index in [1.807, 2.05) is 25.1 Å². The Kier molecular flexibility index (Phi) is 4.50. The highest BCUT2D eigenvalue weighted by molar-refractivity contribution is 7.17. The number of rotatable bonds is 4. The third kappa shape index (κ3) is 2.97. The van der Waals surface area contributed by atoms with Gasteiger partial charge in [0.1, 0.15) is 5.75 Å². The summed E-state index contributed by atoms with van der Waals surface area (Å²) in [5, 5.41) is 15.2. The third-order valence-electron chi connectivity index (χ3n) is 3.90. The molecule has 1 heterocycles. The van der Waals surface area contributed by atoms with Crippen LogP contribution in [0.2, 0.25) is 0 Å². The molecule has 0 saturated heterocycles. The van der Waals surface area contributed by atoms with Crippen LogP contribution >= 0.6 is 11.3 Å². The molecule has 0 radical (unpaired) electrons. The summed E-state index contributed by atoms with van der Waals surface area (Å²) in [7, 11) is 1.49. The van der Waals surface area contributed by atoms with E-state index in [2.05, 4.69) is 22.8 Å². The highest BCUT2D eigenvalue weighted by atomic mass is 32.1. The van der Waals surface area contributed by atoms with Crippen molar-refractivity contribution >= 4 is 27.3 Å². The van der Waals surface area contributed by atoms with Crippen LogP contribution in [-0.2, 0) is 0 Å². The number of carbonyl (C=O) groups excluding carboxylic acids is 1. The fourth-order valence-electron chi connectivity index (χ4n) is 2.63. The van der Waals surface area contributed by atoms with E-state index in [1.165, 1.54) is 11.8 Å². The highest BCUT2D eigenvalue weighted by Crippen LogP contribution is 2.30. The number of nitriles is 1. The zero-order valence-corrected chi connectivity index (χ0v) is 14.2. The SMILES string of the molecule is COc1cc(C#N)ccc1C(=O)N[C@@H](C)c1csc2ccccc12. The summed E-state index contributed by atoms with van der Waals surface area (Å²) in [5.74, 6) is 0.174. The maximum atomic E-state index is 12.6. The van der Waals surface area contributed by atoms with Crippen LogP contribution in [0.15, 0.2) is 47.8 Å². The van der Waals surface area contributed by atoms with Crippen molar-refractivity contribution < 1.29 is 9.53 Å². The molecular formula is C19H16N2O2S. The van der Waals surface area contributed by atoms with E-state index in [1.54, 1.807) is 29.5 Å². The van der Waals surface area contributed by atoms with Crippen LogP contribution in [0.5, 0.6) is 5.75 Å². The molecule has 3 rings (SSSR count). The van der Waals surface area contributed by atoms with E-state index in [0.29, 0.717) is 16.9 Å². The molecule has 2 aromatic carbocycles. The first-order valence-corrected chi connectivity index (χ1v) is 8.37. The number of benzene rings is 2. The Morgan fingerprint density at radius 1 is 1.29 bits per heavy atom. The van der Waals surface area contributed by atoms with Crippen LogP contribution in [0.25, 0.3) is 10.1 Å². The van der Waals surface area contributed by atoms with Crippen molar-refractivity contribution in [2.45, 2.75) is 13.0 Å². The Hall–Kier alpha value is -2.84. The second-order valence-electron chi connectivity index (χ2n) is 5.41. The van der Waals surface area contributed by atoms with Gasteiger partial charge in [-0.15, -0.1) is 11.3 Å². The second-order valence-corrected chi connectivity index (χ2v) is 6.32. The highest BCUT2D eigenvalue weighted by Gasteiger charge is 2.18. The van der Waals surface area contributed by atoms with Crippen LogP contribution in [-0.4, -0.2) is 13.0 Å². The van der Waals surface area contributed by atoms with Gasteiger partial charge in [-0.3, -0.25) is 4.79 Å². The molecule has 0 aliphatic heterocycles. The minimum atomic E-state index is -0.223. The largest absolute Gasteiger partial charge is 0.496 e. The van der Waals surface area contributed by atoms with Gasteiger partial charge in [-0.25, -0.2) is 0 Å². The summed E-state index contributed by atoms with van der Waals surface area (Å²) in [6.07, 6.45) is 0. The molecule has 1 atom stereocenters. The minimum absolute atomic E-state index is 0.131. The summed E-state index contributed by atoms with van der Waals surface area (Å²) in [6.45, 7) is 1.96. The van der Waals surface area contributed by atoms with Gasteiger partial charge in [-0.2, -0.15) is 5.26 Å². The van der Waals surface area contributed by atoms with Crippen LogP contribution in [0.1, 0.15) is 34.5 Å². The minimum Gasteiger partial charge on any atom is -0.496 e. The molecule has 1 N–H and O–H groups in total. The van der Waals surface area contributed by atoms with Crippen LogP contribution < -0.4 is 10.1 Å². The van der Waals surface area contributed by atoms with Crippen LogP contribution in [0.4, 0.5) is 0 Å². The predicted octanol–water partition coefficient (Wildman–Crippen LogP) is 4.27. The number of methoxy groups -OCH3 is 1. The Bertz CT molecular complexity index is 940. The van der Waals surface area contributed by atoms with Crippen molar-refractivity contribution in [3.63, 3.8) is 0 Å². The van der Waals surface area contributed by atoms with Crippen molar-refractivity contribution in [1.29, 1.82) is 5.26 Å². The molecule has 1 aromatic heterocycles. The van der Waals surface area contributed by atoms with Crippen molar-refractivity contribution in [2.75, 3.05) is 7.11 Å². The topological polar surface area (TPSA) is 62.1 Å². The van der Waals surface area contributed by atoms with Gasteiger partial charge in [-0.1, -0.05) is 18.2 Å². The molecule has 0 unspecified atom stereocenters. The lowest BCUT2D eigenvalue weighted by atomic mass is 10.1. The molecule has 3 aromatic rings. The molecule has 4 nitrogen and oxygen atoms in total. The number of fused-ring (bicyclic) bond motifs is 1. The van der Waals surface area contributed by atoms with Gasteiger partial charge < -0.3 is 10.1 Å². The molecule has 24 heavy (non-hydrogen) atoms. The number of nitrogens with one attached hydrogen (secondary N) is 1. The number of carbonyl (C=O) groups is 1. The van der Waals surface area contributed by atoms with Crippen molar-refractivity contribution in [2.24, 2.45) is 0 Å². The van der Waals surface area contributed by atoms with Crippen LogP contribution in [0.3, 0.4) is 0 Å². The second kappa shape index (κ2) is 6.73. The summed E-state index contributed by atoms with van der Waals surface area (Å²) in [4.78, 5) is 12.6. The van der Waals surface area contributed by atoms with E-state index in [9.17, 15) is 4.79 Å². The number of hydrogen-bond donors (Lipinski definition) is 1. The summed E-state index contributed by atoms with van der Waals surface area (Å²) >= 11 is 1.67. The normalized spacial score (nSPS) is 11.7. The molecule has 5 heteroatoms. The van der Waals surface area contributed by atoms with E-state index >= 15 is 0 Å². The Balaban J connectivity index is 1.86. The van der Waals surface area contributed by atoms with Crippen LogP contribution in [0, 0.1) is 11.3 Å². The van der Waals surface area contributed by atoms with Gasteiger partial charge in [0, 0.05) is 4.70 Å². The summed E-state index contributed by atoms with van der Waals surface area (Å²) < 4.78 is 6.44. The lowest BCUT2D eigenvalue weighted by molar-refractivity contribution is 0.0937. The van der Waals surface area contributed by atoms with Gasteiger partial charge in [0.15, 0.2) is 0 Å². The van der Waals surface area contributed by atoms with Gasteiger partial charge in [-0.05, 0) is 47.5 Å². The fourth-order valence-corrected chi connectivity index (χ4v) is 3.69. The summed E-state index contributed by atoms with van der Waals surface area (Å²) in [6, 6.07) is 14.8. The number of thiophene rings is 1. The molecule has 0 bridgehead atoms. The average molecular weight is 336 g/mol. The number of nitrogens with zero attached hydrogens (tertiary/aromatic N) is 1. The van der Waals surface area contributed by atoms with Gasteiger partial charge in [0.25, 0.3) is 5.91 Å². The van der Waals surface area contributed by atoms with Crippen molar-refractivity contribution in [1.82, 2.24) is 5.32 Å². The van der Waals surface area contributed by atoms with E-state index in [0.717, 1.165) is 10.9 Å². The van der Waals surface area contributed by atoms with E-state index in [-0.39, 0.29) is 11.9 Å². The van der Waals surface area contributed by atoms with Crippen molar-refractivity contribution in [3.8, 4) is 11.8 Å². The molecule has 0 fully saturated rings. The zero-order valence-electron chi connectivity index (χ0n) is 13.4. The quantitative estimate of drug-likeness (QED) is 0.774. The third-order valence-corrected chi connectivity index (χ3v) is 4.88. The van der Waals surface area contributed by atoms with Gasteiger partial charge in [0.2, 0.25) is 0 Å². The van der Waals surface area contributed by atoms with Crippen molar-refractivity contribution in [3.05, 3.63) is 64.5 Å². The lowest BCUT2D eigenvalue weighted by Gasteiger charge is -2.15. The fraction of sp³-hybridized carbons (Fsp3) is 0.158. The molecule has 0 spiro atoms. The Morgan fingerprint density at radius 2 is 2.08 bits per heavy atom. The Labute approximate surface area is 144 Å². The number of ether oxygens (including phenoxy) is 1. The average Bonchev–Trinajstić information content (AvgIpc) is 3.05. The van der Waals surface area contributed by atoms with Gasteiger partial charge >= 0.3 is 0 Å². The summed E-state index contributed by atoms with van der Waals surface area (Å²) in [5.41, 5.74) is 1.97. The maximum Gasteiger partial charge on any atom is 0.255 e. The smallest absolute Gasteiger partial charge is 0.255 e. The molecule has 0 aliphatic carbocycles. The zero-order chi connectivity index (χ0) is 17.1. The van der Waals surface area contributed by atoms with Gasteiger partial charge in [0.05, 0.1) is 30.3 Å². The molecular weight excluding hydrogens is 320 g/mol.